The summed E-state index contributed by atoms with van der Waals surface area (Å²) in [5.74, 6) is -5.80. The first kappa shape index (κ1) is 29.7. The van der Waals surface area contributed by atoms with Crippen LogP contribution in [0.15, 0.2) is 18.3 Å². The maximum atomic E-state index is 13.4. The number of piperidine rings is 1. The van der Waals surface area contributed by atoms with Crippen molar-refractivity contribution < 1.29 is 40.4 Å². The number of pyridine rings is 1. The number of hydrogen-bond acceptors (Lipinski definition) is 5. The number of rotatable bonds is 7. The molecule has 0 radical (unpaired) electrons. The van der Waals surface area contributed by atoms with E-state index in [4.69, 9.17) is 5.21 Å². The van der Waals surface area contributed by atoms with Crippen LogP contribution >= 0.6 is 12.4 Å². The molecule has 14 heteroatoms. The summed E-state index contributed by atoms with van der Waals surface area (Å²) in [4.78, 5) is 16.6. The van der Waals surface area contributed by atoms with Crippen LogP contribution in [0.1, 0.15) is 68.5 Å². The monoisotopic (exact) mass is 549 g/mol. The minimum Gasteiger partial charge on any atom is -0.289 e. The first-order valence-corrected chi connectivity index (χ1v) is 12.6. The van der Waals surface area contributed by atoms with Crippen LogP contribution < -0.4 is 5.48 Å². The molecule has 1 saturated heterocycles. The highest BCUT2D eigenvalue weighted by atomic mass is 35.5. The van der Waals surface area contributed by atoms with Gasteiger partial charge in [0.2, 0.25) is 10.0 Å². The topological polar surface area (TPSA) is 99.6 Å². The van der Waals surface area contributed by atoms with Gasteiger partial charge in [0.25, 0.3) is 5.91 Å². The van der Waals surface area contributed by atoms with Crippen LogP contribution in [-0.4, -0.2) is 58.8 Å². The Morgan fingerprint density at radius 2 is 1.71 bits per heavy atom. The molecule has 0 spiro atoms. The Kier molecular flexibility index (Phi) is 9.51. The van der Waals surface area contributed by atoms with Crippen LogP contribution in [0.2, 0.25) is 0 Å². The maximum absolute atomic E-state index is 13.4. The van der Waals surface area contributed by atoms with E-state index in [1.54, 1.807) is 6.07 Å². The highest BCUT2D eigenvalue weighted by molar-refractivity contribution is 7.91. The van der Waals surface area contributed by atoms with Crippen LogP contribution in [0.3, 0.4) is 0 Å². The lowest BCUT2D eigenvalue weighted by molar-refractivity contribution is -0.284. The lowest BCUT2D eigenvalue weighted by atomic mass is 9.88. The number of carbonyl (C=O) groups is 1. The lowest BCUT2D eigenvalue weighted by Crippen LogP contribution is -2.58. The van der Waals surface area contributed by atoms with Crippen molar-refractivity contribution in [3.8, 4) is 0 Å². The van der Waals surface area contributed by atoms with Gasteiger partial charge in [0, 0.05) is 37.3 Å². The van der Waals surface area contributed by atoms with E-state index < -0.39 is 45.6 Å². The van der Waals surface area contributed by atoms with Gasteiger partial charge in [-0.2, -0.15) is 22.0 Å². The number of hydroxylamine groups is 1. The van der Waals surface area contributed by atoms with E-state index in [2.05, 4.69) is 4.98 Å². The first-order chi connectivity index (χ1) is 15.8. The smallest absolute Gasteiger partial charge is 0.289 e. The van der Waals surface area contributed by atoms with Gasteiger partial charge in [-0.1, -0.05) is 25.3 Å². The largest absolute Gasteiger partial charge is 0.453 e. The highest BCUT2D eigenvalue weighted by Crippen LogP contribution is 2.40. The van der Waals surface area contributed by atoms with Crippen molar-refractivity contribution in [2.75, 3.05) is 13.1 Å². The zero-order valence-electron chi connectivity index (χ0n) is 18.9. The van der Waals surface area contributed by atoms with E-state index in [0.717, 1.165) is 6.42 Å². The summed E-state index contributed by atoms with van der Waals surface area (Å²) in [5.41, 5.74) is 2.38. The second-order valence-electron chi connectivity index (χ2n) is 8.97. The molecular formula is C21H29ClF5N3O4S. The molecule has 0 atom stereocenters. The Bertz CT molecular complexity index is 962. The molecule has 0 bridgehead atoms. The van der Waals surface area contributed by atoms with E-state index in [1.165, 1.54) is 22.0 Å². The van der Waals surface area contributed by atoms with Gasteiger partial charge in [-0.05, 0) is 43.7 Å². The molecule has 7 nitrogen and oxygen atoms in total. The van der Waals surface area contributed by atoms with Crippen LogP contribution in [0.25, 0.3) is 0 Å². The lowest BCUT2D eigenvalue weighted by Gasteiger charge is -2.40. The molecule has 2 heterocycles. The molecule has 1 saturated carbocycles. The SMILES string of the molecule is Cl.O=C(NO)C1(S(=O)(=O)N2CCC(c3ccc(CCC(F)(F)C(F)(F)F)cn3)CC2)CCCCC1. The number of aromatic nitrogens is 1. The Morgan fingerprint density at radius 3 is 2.20 bits per heavy atom. The average Bonchev–Trinajstić information content (AvgIpc) is 2.82. The van der Waals surface area contributed by atoms with E-state index in [1.807, 2.05) is 0 Å². The molecule has 35 heavy (non-hydrogen) atoms. The van der Waals surface area contributed by atoms with Gasteiger partial charge in [-0.25, -0.2) is 18.2 Å². The summed E-state index contributed by atoms with van der Waals surface area (Å²) < 4.78 is 89.5. The number of nitrogens with zero attached hydrogens (tertiary/aromatic N) is 2. The Labute approximate surface area is 206 Å². The highest BCUT2D eigenvalue weighted by Gasteiger charge is 2.56. The van der Waals surface area contributed by atoms with Crippen molar-refractivity contribution in [3.05, 3.63) is 29.6 Å². The quantitative estimate of drug-likeness (QED) is 0.299. The third kappa shape index (κ3) is 6.05. The van der Waals surface area contributed by atoms with E-state index in [9.17, 15) is 35.2 Å². The Morgan fingerprint density at radius 1 is 1.11 bits per heavy atom. The second-order valence-corrected chi connectivity index (χ2v) is 11.2. The second kappa shape index (κ2) is 11.2. The van der Waals surface area contributed by atoms with Crippen LogP contribution in [-0.2, 0) is 21.2 Å². The normalized spacial score (nSPS) is 20.2. The summed E-state index contributed by atoms with van der Waals surface area (Å²) in [7, 11) is -4.03. The minimum absolute atomic E-state index is 0. The summed E-state index contributed by atoms with van der Waals surface area (Å²) in [6, 6.07) is 3.03. The Hall–Kier alpha value is -1.57. The fourth-order valence-corrected chi connectivity index (χ4v) is 7.00. The number of hydrogen-bond donors (Lipinski definition) is 2. The number of halogens is 6. The molecule has 1 aromatic heterocycles. The van der Waals surface area contributed by atoms with Gasteiger partial charge in [-0.3, -0.25) is 15.0 Å². The van der Waals surface area contributed by atoms with Crippen molar-refractivity contribution in [2.24, 2.45) is 0 Å². The number of nitrogens with one attached hydrogen (secondary N) is 1. The summed E-state index contributed by atoms with van der Waals surface area (Å²) >= 11 is 0. The molecule has 200 valence electrons. The van der Waals surface area contributed by atoms with Gasteiger partial charge in [0.05, 0.1) is 0 Å². The molecule has 1 aromatic rings. The first-order valence-electron chi connectivity index (χ1n) is 11.2. The van der Waals surface area contributed by atoms with E-state index in [-0.39, 0.29) is 49.8 Å². The number of amides is 1. The van der Waals surface area contributed by atoms with Crippen molar-refractivity contribution >= 4 is 28.3 Å². The molecule has 2 aliphatic rings. The Balaban J connectivity index is 0.00000432. The fourth-order valence-electron chi connectivity index (χ4n) is 4.73. The van der Waals surface area contributed by atoms with Crippen molar-refractivity contribution in [2.45, 2.75) is 80.6 Å². The summed E-state index contributed by atoms with van der Waals surface area (Å²) in [6.45, 7) is 0.295. The standard InChI is InChI=1S/C21H28F5N3O4S.ClH/c22-20(23,21(24,25)26)11-6-15-4-5-17(27-14-15)16-7-12-29(13-8-16)34(32,33)19(18(30)28-31)9-2-1-3-10-19;/h4-5,14,16,31H,1-3,6-13H2,(H,28,30);1H. The van der Waals surface area contributed by atoms with Crippen LogP contribution in [0, 0.1) is 0 Å². The molecule has 0 unspecified atom stereocenters. The molecular weight excluding hydrogens is 521 g/mol. The molecule has 0 aromatic carbocycles. The number of alkyl halides is 5. The average molecular weight is 550 g/mol. The van der Waals surface area contributed by atoms with E-state index >= 15 is 0 Å². The number of aryl methyl sites for hydroxylation is 1. The third-order valence-corrected chi connectivity index (χ3v) is 9.50. The van der Waals surface area contributed by atoms with Gasteiger partial charge in [0.1, 0.15) is 0 Å². The summed E-state index contributed by atoms with van der Waals surface area (Å²) in [5, 5.41) is 9.16. The van der Waals surface area contributed by atoms with Crippen LogP contribution in [0.4, 0.5) is 22.0 Å². The van der Waals surface area contributed by atoms with Gasteiger partial charge in [0.15, 0.2) is 4.75 Å². The third-order valence-electron chi connectivity index (χ3n) is 6.87. The van der Waals surface area contributed by atoms with Gasteiger partial charge < -0.3 is 0 Å². The molecule has 1 aliphatic carbocycles. The van der Waals surface area contributed by atoms with Crippen molar-refractivity contribution in [3.63, 3.8) is 0 Å². The maximum Gasteiger partial charge on any atom is 0.453 e. The number of sulfonamides is 1. The zero-order valence-corrected chi connectivity index (χ0v) is 20.5. The predicted octanol–water partition coefficient (Wildman–Crippen LogP) is 4.35. The van der Waals surface area contributed by atoms with E-state index in [0.29, 0.717) is 31.4 Å². The fraction of sp³-hybridized carbons (Fsp3) is 0.714. The number of carbonyl (C=O) groups excluding carboxylic acids is 1. The molecule has 1 aliphatic heterocycles. The molecule has 3 rings (SSSR count). The summed E-state index contributed by atoms with van der Waals surface area (Å²) in [6.07, 6.45) is -3.13. The van der Waals surface area contributed by atoms with Crippen LogP contribution in [0.5, 0.6) is 0 Å². The zero-order chi connectivity index (χ0) is 25.2. The molecule has 2 N–H and O–H groups in total. The van der Waals surface area contributed by atoms with Gasteiger partial charge >= 0.3 is 12.1 Å². The minimum atomic E-state index is -5.59. The molecule has 1 amide bonds. The predicted molar refractivity (Wildman–Crippen MR) is 119 cm³/mol. The molecule has 2 fully saturated rings. The van der Waals surface area contributed by atoms with Gasteiger partial charge in [-0.15, -0.1) is 12.4 Å². The van der Waals surface area contributed by atoms with Crippen molar-refractivity contribution in [1.82, 2.24) is 14.8 Å². The van der Waals surface area contributed by atoms with Crippen molar-refractivity contribution in [1.29, 1.82) is 0 Å².